The van der Waals surface area contributed by atoms with Crippen molar-refractivity contribution in [2.45, 2.75) is 26.2 Å². The number of carbonyl (C=O) groups excluding carboxylic acids is 2. The number of piperidine rings is 1. The smallest absolute Gasteiger partial charge is 0.228 e. The molecule has 2 heterocycles. The number of benzene rings is 1. The van der Waals surface area contributed by atoms with Crippen LogP contribution in [-0.2, 0) is 9.59 Å². The summed E-state index contributed by atoms with van der Waals surface area (Å²) in [4.78, 5) is 31.0. The van der Waals surface area contributed by atoms with Crippen LogP contribution in [0, 0.1) is 12.8 Å². The lowest BCUT2D eigenvalue weighted by atomic mass is 9.96. The normalized spacial score (nSPS) is 15.2. The molecule has 0 saturated carbocycles. The molecule has 28 heavy (non-hydrogen) atoms. The van der Waals surface area contributed by atoms with E-state index >= 15 is 0 Å². The molecule has 1 aromatic carbocycles. The minimum Gasteiger partial charge on any atom is -0.326 e. The first-order valence-electron chi connectivity index (χ1n) is 9.51. The van der Waals surface area contributed by atoms with E-state index < -0.39 is 0 Å². The van der Waals surface area contributed by atoms with Gasteiger partial charge in [0.2, 0.25) is 11.8 Å². The van der Waals surface area contributed by atoms with Crippen LogP contribution in [0.15, 0.2) is 42.6 Å². The highest BCUT2D eigenvalue weighted by molar-refractivity contribution is 6.30. The van der Waals surface area contributed by atoms with Crippen LogP contribution in [0.5, 0.6) is 0 Å². The van der Waals surface area contributed by atoms with Gasteiger partial charge in [0.25, 0.3) is 0 Å². The fraction of sp³-hybridized carbons (Fsp3) is 0.381. The molecular formula is C21H25ClN4O2. The SMILES string of the molecule is Cc1ccnc(NC(=O)C2CCN(CCC(=O)Nc3cccc(Cl)c3)CC2)c1. The van der Waals surface area contributed by atoms with Gasteiger partial charge < -0.3 is 15.5 Å². The molecule has 6 nitrogen and oxygen atoms in total. The zero-order valence-corrected chi connectivity index (χ0v) is 16.7. The van der Waals surface area contributed by atoms with E-state index in [0.717, 1.165) is 31.5 Å². The number of carbonyl (C=O) groups is 2. The van der Waals surface area contributed by atoms with Gasteiger partial charge in [0.15, 0.2) is 0 Å². The summed E-state index contributed by atoms with van der Waals surface area (Å²) in [6.45, 7) is 4.27. The van der Waals surface area contributed by atoms with Crippen molar-refractivity contribution in [2.24, 2.45) is 5.92 Å². The Morgan fingerprint density at radius 3 is 2.68 bits per heavy atom. The number of anilines is 2. The van der Waals surface area contributed by atoms with Crippen LogP contribution in [0.3, 0.4) is 0 Å². The number of pyridine rings is 1. The zero-order chi connectivity index (χ0) is 19.9. The number of likely N-dealkylation sites (tertiary alicyclic amines) is 1. The topological polar surface area (TPSA) is 74.3 Å². The molecule has 2 amide bonds. The number of nitrogens with zero attached hydrogens (tertiary/aromatic N) is 2. The quantitative estimate of drug-likeness (QED) is 0.774. The van der Waals surface area contributed by atoms with E-state index in [1.54, 1.807) is 24.4 Å². The lowest BCUT2D eigenvalue weighted by molar-refractivity contribution is -0.121. The first-order chi connectivity index (χ1) is 13.5. The summed E-state index contributed by atoms with van der Waals surface area (Å²) >= 11 is 5.93. The van der Waals surface area contributed by atoms with Gasteiger partial charge in [0, 0.05) is 35.8 Å². The molecule has 1 aliphatic rings. The van der Waals surface area contributed by atoms with Crippen molar-refractivity contribution in [3.8, 4) is 0 Å². The van der Waals surface area contributed by atoms with E-state index in [1.807, 2.05) is 25.1 Å². The van der Waals surface area contributed by atoms with Crippen LogP contribution < -0.4 is 10.6 Å². The molecule has 0 aliphatic carbocycles. The van der Waals surface area contributed by atoms with Gasteiger partial charge in [-0.2, -0.15) is 0 Å². The Morgan fingerprint density at radius 1 is 1.18 bits per heavy atom. The van der Waals surface area contributed by atoms with Crippen molar-refractivity contribution >= 4 is 34.9 Å². The van der Waals surface area contributed by atoms with E-state index in [1.165, 1.54) is 0 Å². The first kappa shape index (κ1) is 20.3. The number of amides is 2. The number of rotatable bonds is 6. The summed E-state index contributed by atoms with van der Waals surface area (Å²) in [5, 5.41) is 6.36. The molecule has 0 radical (unpaired) electrons. The average molecular weight is 401 g/mol. The molecule has 148 valence electrons. The Kier molecular flexibility index (Phi) is 7.01. The molecule has 3 rings (SSSR count). The fourth-order valence-electron chi connectivity index (χ4n) is 3.30. The van der Waals surface area contributed by atoms with E-state index in [9.17, 15) is 9.59 Å². The second-order valence-electron chi connectivity index (χ2n) is 7.13. The molecule has 0 atom stereocenters. The lowest BCUT2D eigenvalue weighted by Crippen LogP contribution is -2.39. The summed E-state index contributed by atoms with van der Waals surface area (Å²) in [6, 6.07) is 10.9. The van der Waals surface area contributed by atoms with Crippen LogP contribution in [0.25, 0.3) is 0 Å². The predicted octanol–water partition coefficient (Wildman–Crippen LogP) is 3.72. The van der Waals surface area contributed by atoms with Gasteiger partial charge in [-0.1, -0.05) is 17.7 Å². The van der Waals surface area contributed by atoms with Crippen molar-refractivity contribution in [3.05, 3.63) is 53.2 Å². The summed E-state index contributed by atoms with van der Waals surface area (Å²) in [5.74, 6) is 0.577. The van der Waals surface area contributed by atoms with Crippen molar-refractivity contribution in [2.75, 3.05) is 30.3 Å². The Balaban J connectivity index is 1.39. The lowest BCUT2D eigenvalue weighted by Gasteiger charge is -2.31. The number of hydrogen-bond acceptors (Lipinski definition) is 4. The largest absolute Gasteiger partial charge is 0.326 e. The van der Waals surface area contributed by atoms with Gasteiger partial charge in [0.05, 0.1) is 0 Å². The summed E-state index contributed by atoms with van der Waals surface area (Å²) in [6.07, 6.45) is 3.68. The molecule has 2 aromatic rings. The van der Waals surface area contributed by atoms with Crippen LogP contribution in [0.4, 0.5) is 11.5 Å². The Hall–Kier alpha value is -2.44. The zero-order valence-electron chi connectivity index (χ0n) is 16.0. The average Bonchev–Trinajstić information content (AvgIpc) is 2.67. The molecule has 7 heteroatoms. The highest BCUT2D eigenvalue weighted by Crippen LogP contribution is 2.20. The number of nitrogens with one attached hydrogen (secondary N) is 2. The maximum absolute atomic E-state index is 12.4. The number of aryl methyl sites for hydroxylation is 1. The van der Waals surface area contributed by atoms with Crippen molar-refractivity contribution in [1.82, 2.24) is 9.88 Å². The summed E-state index contributed by atoms with van der Waals surface area (Å²) < 4.78 is 0. The van der Waals surface area contributed by atoms with Gasteiger partial charge in [-0.05, 0) is 68.8 Å². The Morgan fingerprint density at radius 2 is 1.96 bits per heavy atom. The molecule has 1 fully saturated rings. The maximum atomic E-state index is 12.4. The fourth-order valence-corrected chi connectivity index (χ4v) is 3.49. The van der Waals surface area contributed by atoms with E-state index in [-0.39, 0.29) is 17.7 Å². The third-order valence-corrected chi connectivity index (χ3v) is 5.12. The van der Waals surface area contributed by atoms with E-state index in [0.29, 0.717) is 29.5 Å². The second-order valence-corrected chi connectivity index (χ2v) is 7.57. The van der Waals surface area contributed by atoms with Gasteiger partial charge in [-0.15, -0.1) is 0 Å². The van der Waals surface area contributed by atoms with Crippen molar-refractivity contribution < 1.29 is 9.59 Å². The Labute approximate surface area is 170 Å². The van der Waals surface area contributed by atoms with Crippen LogP contribution in [0.2, 0.25) is 5.02 Å². The maximum Gasteiger partial charge on any atom is 0.228 e. The summed E-state index contributed by atoms with van der Waals surface area (Å²) in [5.41, 5.74) is 1.77. The molecule has 0 spiro atoms. The third-order valence-electron chi connectivity index (χ3n) is 4.89. The molecule has 0 bridgehead atoms. The van der Waals surface area contributed by atoms with Crippen molar-refractivity contribution in [1.29, 1.82) is 0 Å². The first-order valence-corrected chi connectivity index (χ1v) is 9.89. The van der Waals surface area contributed by atoms with Crippen LogP contribution in [-0.4, -0.2) is 41.3 Å². The monoisotopic (exact) mass is 400 g/mol. The summed E-state index contributed by atoms with van der Waals surface area (Å²) in [7, 11) is 0. The minimum atomic E-state index is -0.0346. The van der Waals surface area contributed by atoms with Gasteiger partial charge in [-0.25, -0.2) is 4.98 Å². The highest BCUT2D eigenvalue weighted by Gasteiger charge is 2.25. The van der Waals surface area contributed by atoms with E-state index in [4.69, 9.17) is 11.6 Å². The predicted molar refractivity (Wildman–Crippen MR) is 111 cm³/mol. The molecule has 1 aromatic heterocycles. The number of aromatic nitrogens is 1. The highest BCUT2D eigenvalue weighted by atomic mass is 35.5. The van der Waals surface area contributed by atoms with Crippen LogP contribution in [0.1, 0.15) is 24.8 Å². The number of hydrogen-bond donors (Lipinski definition) is 2. The number of halogens is 1. The third kappa shape index (κ3) is 6.04. The minimum absolute atomic E-state index is 0.0150. The molecule has 1 saturated heterocycles. The molecule has 1 aliphatic heterocycles. The molecular weight excluding hydrogens is 376 g/mol. The standard InChI is InChI=1S/C21H25ClN4O2/c1-15-5-9-23-19(13-15)25-21(28)16-6-10-26(11-7-16)12-8-20(27)24-18-4-2-3-17(22)14-18/h2-5,9,13-14,16H,6-8,10-12H2,1H3,(H,24,27)(H,23,25,28). The molecule has 2 N–H and O–H groups in total. The second kappa shape index (κ2) is 9.66. The van der Waals surface area contributed by atoms with Crippen molar-refractivity contribution in [3.63, 3.8) is 0 Å². The van der Waals surface area contributed by atoms with Gasteiger partial charge >= 0.3 is 0 Å². The Bertz CT molecular complexity index is 835. The van der Waals surface area contributed by atoms with Gasteiger partial charge in [-0.3, -0.25) is 9.59 Å². The molecule has 0 unspecified atom stereocenters. The van der Waals surface area contributed by atoms with Crippen LogP contribution >= 0.6 is 11.6 Å². The van der Waals surface area contributed by atoms with E-state index in [2.05, 4.69) is 20.5 Å². The van der Waals surface area contributed by atoms with Gasteiger partial charge in [0.1, 0.15) is 5.82 Å².